The van der Waals surface area contributed by atoms with Crippen molar-refractivity contribution in [2.75, 3.05) is 6.54 Å². The van der Waals surface area contributed by atoms with Gasteiger partial charge in [0.1, 0.15) is 11.6 Å². The van der Waals surface area contributed by atoms with Gasteiger partial charge in [-0.15, -0.1) is 0 Å². The number of benzene rings is 1. The van der Waals surface area contributed by atoms with Gasteiger partial charge < -0.3 is 10.6 Å². The number of amides is 1. The summed E-state index contributed by atoms with van der Waals surface area (Å²) in [6.45, 7) is 8.69. The molecule has 1 amide bonds. The summed E-state index contributed by atoms with van der Waals surface area (Å²) in [6.07, 6.45) is 3.10. The first-order valence-electron chi connectivity index (χ1n) is 9.04. The molecule has 1 saturated carbocycles. The highest BCUT2D eigenvalue weighted by Crippen LogP contribution is 2.39. The second-order valence-electron chi connectivity index (χ2n) is 7.44. The van der Waals surface area contributed by atoms with Crippen LogP contribution in [-0.4, -0.2) is 18.0 Å². The highest BCUT2D eigenvalue weighted by molar-refractivity contribution is 5.78. The van der Waals surface area contributed by atoms with Crippen LogP contribution in [0.2, 0.25) is 0 Å². The van der Waals surface area contributed by atoms with Crippen molar-refractivity contribution in [2.24, 2.45) is 11.8 Å². The topological polar surface area (TPSA) is 69.5 Å². The van der Waals surface area contributed by atoms with Crippen molar-refractivity contribution in [3.63, 3.8) is 0 Å². The van der Waals surface area contributed by atoms with Crippen molar-refractivity contribution in [1.82, 2.24) is 5.32 Å². The molecule has 0 heterocycles. The van der Waals surface area contributed by atoms with Crippen LogP contribution in [0.1, 0.15) is 57.7 Å². The van der Waals surface area contributed by atoms with Gasteiger partial charge in [0.15, 0.2) is 6.54 Å². The van der Waals surface area contributed by atoms with E-state index in [1.165, 1.54) is 11.1 Å². The van der Waals surface area contributed by atoms with Crippen LogP contribution in [0.15, 0.2) is 24.3 Å². The zero-order chi connectivity index (χ0) is 17.7. The van der Waals surface area contributed by atoms with E-state index in [0.29, 0.717) is 18.4 Å². The number of nitrogens with two attached hydrogens (primary N) is 1. The molecule has 1 aliphatic rings. The standard InChI is InChI=1S/C20H29N3O/c1-5-15-6-8-16(9-7-15)19(14(2)3)22-12-18(24)23-20(4,13-21)17-10-11-17/h6-9,14,17,19,22H,5,10-12H2,1-4H3,(H,23,24)/p+1/t19-,20+/m0/s1. The molecule has 2 rings (SSSR count). The molecular formula is C20H30N3O+. The molecule has 1 fully saturated rings. The molecule has 1 aliphatic carbocycles. The van der Waals surface area contributed by atoms with Crippen LogP contribution in [0.25, 0.3) is 0 Å². The summed E-state index contributed by atoms with van der Waals surface area (Å²) in [7, 11) is 0. The van der Waals surface area contributed by atoms with Gasteiger partial charge in [0.2, 0.25) is 0 Å². The molecule has 4 heteroatoms. The second-order valence-corrected chi connectivity index (χ2v) is 7.44. The van der Waals surface area contributed by atoms with Gasteiger partial charge in [-0.05, 0) is 37.7 Å². The van der Waals surface area contributed by atoms with Gasteiger partial charge in [-0.3, -0.25) is 4.79 Å². The Morgan fingerprint density at radius 2 is 2.00 bits per heavy atom. The van der Waals surface area contributed by atoms with E-state index in [-0.39, 0.29) is 11.9 Å². The highest BCUT2D eigenvalue weighted by atomic mass is 16.2. The first-order chi connectivity index (χ1) is 11.4. The predicted molar refractivity (Wildman–Crippen MR) is 95.1 cm³/mol. The van der Waals surface area contributed by atoms with Crippen molar-refractivity contribution in [2.45, 2.75) is 58.5 Å². The van der Waals surface area contributed by atoms with Crippen molar-refractivity contribution in [3.8, 4) is 6.07 Å². The maximum Gasteiger partial charge on any atom is 0.276 e. The minimum absolute atomic E-state index is 0.0539. The zero-order valence-electron chi connectivity index (χ0n) is 15.3. The first kappa shape index (κ1) is 18.5. The Balaban J connectivity index is 1.95. The minimum atomic E-state index is -0.707. The predicted octanol–water partition coefficient (Wildman–Crippen LogP) is 2.32. The minimum Gasteiger partial charge on any atom is -0.333 e. The van der Waals surface area contributed by atoms with Crippen LogP contribution in [0.3, 0.4) is 0 Å². The molecule has 0 aromatic heterocycles. The van der Waals surface area contributed by atoms with E-state index in [4.69, 9.17) is 0 Å². The number of quaternary nitrogens is 1. The lowest BCUT2D eigenvalue weighted by atomic mass is 9.94. The molecule has 1 aromatic rings. The van der Waals surface area contributed by atoms with Crippen molar-refractivity contribution in [3.05, 3.63) is 35.4 Å². The number of carbonyl (C=O) groups excluding carboxylic acids is 1. The Morgan fingerprint density at radius 1 is 1.38 bits per heavy atom. The lowest BCUT2D eigenvalue weighted by molar-refractivity contribution is -0.692. The summed E-state index contributed by atoms with van der Waals surface area (Å²) >= 11 is 0. The molecule has 130 valence electrons. The van der Waals surface area contributed by atoms with E-state index < -0.39 is 5.54 Å². The van der Waals surface area contributed by atoms with Crippen LogP contribution in [0.5, 0.6) is 0 Å². The van der Waals surface area contributed by atoms with Crippen molar-refractivity contribution >= 4 is 5.91 Å². The number of nitrogens with one attached hydrogen (secondary N) is 1. The average molecular weight is 328 g/mol. The summed E-state index contributed by atoms with van der Waals surface area (Å²) in [4.78, 5) is 12.3. The van der Waals surface area contributed by atoms with Crippen molar-refractivity contribution in [1.29, 1.82) is 5.26 Å². The molecule has 0 radical (unpaired) electrons. The molecule has 0 unspecified atom stereocenters. The van der Waals surface area contributed by atoms with Gasteiger partial charge in [-0.2, -0.15) is 5.26 Å². The van der Waals surface area contributed by atoms with E-state index in [1.807, 2.05) is 6.92 Å². The van der Waals surface area contributed by atoms with Gasteiger partial charge in [-0.25, -0.2) is 0 Å². The SMILES string of the molecule is CCc1ccc([C@@H]([NH2+]CC(=O)N[C@](C)(C#N)C2CC2)C(C)C)cc1. The summed E-state index contributed by atoms with van der Waals surface area (Å²) in [5.41, 5.74) is 1.87. The molecule has 1 aromatic carbocycles. The molecule has 0 bridgehead atoms. The smallest absolute Gasteiger partial charge is 0.276 e. The molecule has 4 nitrogen and oxygen atoms in total. The van der Waals surface area contributed by atoms with E-state index in [1.54, 1.807) is 0 Å². The first-order valence-corrected chi connectivity index (χ1v) is 9.04. The highest BCUT2D eigenvalue weighted by Gasteiger charge is 2.43. The van der Waals surface area contributed by atoms with Crippen LogP contribution < -0.4 is 10.6 Å². The number of hydrogen-bond donors (Lipinski definition) is 2. The summed E-state index contributed by atoms with van der Waals surface area (Å²) in [5, 5.41) is 14.4. The van der Waals surface area contributed by atoms with Crippen LogP contribution in [0, 0.1) is 23.2 Å². The second kappa shape index (κ2) is 7.81. The largest absolute Gasteiger partial charge is 0.333 e. The van der Waals surface area contributed by atoms with Gasteiger partial charge in [-0.1, -0.05) is 45.0 Å². The monoisotopic (exact) mass is 328 g/mol. The third-order valence-electron chi connectivity index (χ3n) is 5.07. The van der Waals surface area contributed by atoms with Gasteiger partial charge >= 0.3 is 0 Å². The molecule has 3 N–H and O–H groups in total. The lowest BCUT2D eigenvalue weighted by Gasteiger charge is -2.24. The fourth-order valence-electron chi connectivity index (χ4n) is 3.23. The summed E-state index contributed by atoms with van der Waals surface area (Å²) in [6, 6.07) is 11.2. The quantitative estimate of drug-likeness (QED) is 0.769. The van der Waals surface area contributed by atoms with Crippen LogP contribution in [-0.2, 0) is 11.2 Å². The maximum atomic E-state index is 12.3. The third kappa shape index (κ3) is 4.58. The van der Waals surface area contributed by atoms with Crippen LogP contribution in [0.4, 0.5) is 0 Å². The Bertz CT molecular complexity index is 598. The van der Waals surface area contributed by atoms with E-state index in [0.717, 1.165) is 19.3 Å². The lowest BCUT2D eigenvalue weighted by Crippen LogP contribution is -2.88. The number of nitriles is 1. The van der Waals surface area contributed by atoms with Crippen molar-refractivity contribution < 1.29 is 10.1 Å². The van der Waals surface area contributed by atoms with E-state index in [2.05, 4.69) is 61.7 Å². The Kier molecular flexibility index (Phi) is 6.01. The number of rotatable bonds is 8. The number of aryl methyl sites for hydroxylation is 1. The Morgan fingerprint density at radius 3 is 2.46 bits per heavy atom. The molecule has 0 saturated heterocycles. The maximum absolute atomic E-state index is 12.3. The average Bonchev–Trinajstić information content (AvgIpc) is 3.40. The Labute approximate surface area is 145 Å². The summed E-state index contributed by atoms with van der Waals surface area (Å²) < 4.78 is 0. The number of nitrogens with zero attached hydrogens (tertiary/aromatic N) is 1. The number of hydrogen-bond acceptors (Lipinski definition) is 2. The normalized spacial score (nSPS) is 17.8. The number of carbonyl (C=O) groups is 1. The molecular weight excluding hydrogens is 298 g/mol. The van der Waals surface area contributed by atoms with Crippen LogP contribution >= 0.6 is 0 Å². The van der Waals surface area contributed by atoms with Gasteiger partial charge in [0.05, 0.1) is 6.07 Å². The molecule has 24 heavy (non-hydrogen) atoms. The third-order valence-corrected chi connectivity index (χ3v) is 5.07. The fraction of sp³-hybridized carbons (Fsp3) is 0.600. The van der Waals surface area contributed by atoms with E-state index >= 15 is 0 Å². The molecule has 0 aliphatic heterocycles. The van der Waals surface area contributed by atoms with E-state index in [9.17, 15) is 10.1 Å². The fourth-order valence-corrected chi connectivity index (χ4v) is 3.23. The molecule has 0 spiro atoms. The zero-order valence-corrected chi connectivity index (χ0v) is 15.3. The summed E-state index contributed by atoms with van der Waals surface area (Å²) in [5.74, 6) is 0.687. The Hall–Kier alpha value is -1.86. The van der Waals surface area contributed by atoms with Gasteiger partial charge in [0.25, 0.3) is 5.91 Å². The van der Waals surface area contributed by atoms with Gasteiger partial charge in [0, 0.05) is 11.5 Å². The molecule has 2 atom stereocenters.